The van der Waals surface area contributed by atoms with E-state index in [9.17, 15) is 23.4 Å². The Morgan fingerprint density at radius 2 is 1.59 bits per heavy atom. The molecule has 0 aliphatic carbocycles. The smallest absolute Gasteiger partial charge is 0.322 e. The Balaban J connectivity index is 1.92. The van der Waals surface area contributed by atoms with Crippen LogP contribution in [0.2, 0.25) is 0 Å². The van der Waals surface area contributed by atoms with Crippen molar-refractivity contribution in [2.45, 2.75) is 23.8 Å². The summed E-state index contributed by atoms with van der Waals surface area (Å²) in [4.78, 5) is 11.7. The number of aliphatic carboxylic acids is 1. The average Bonchev–Trinajstić information content (AvgIpc) is 2.65. The van der Waals surface area contributed by atoms with E-state index in [1.807, 2.05) is 12.1 Å². The van der Waals surface area contributed by atoms with Gasteiger partial charge in [0.2, 0.25) is 10.0 Å². The molecule has 3 rings (SSSR count). The number of hydrogen-bond donors (Lipinski definition) is 3. The summed E-state index contributed by atoms with van der Waals surface area (Å²) in [5.74, 6) is -1.87. The van der Waals surface area contributed by atoms with Gasteiger partial charge in [-0.3, -0.25) is 4.79 Å². The molecule has 3 aromatic carbocycles. The molecule has 0 amide bonds. The van der Waals surface area contributed by atoms with Crippen molar-refractivity contribution in [2.75, 3.05) is 0 Å². The van der Waals surface area contributed by atoms with Crippen molar-refractivity contribution >= 4 is 26.8 Å². The van der Waals surface area contributed by atoms with E-state index in [-0.39, 0.29) is 10.6 Å². The SMILES string of the molecule is CC(c1ccc(O)cc1)C(NS(=O)(=O)c1ccc2ccccc2c1)C(=O)O. The third-order valence-corrected chi connectivity index (χ3v) is 5.94. The maximum atomic E-state index is 12.8. The number of benzene rings is 3. The summed E-state index contributed by atoms with van der Waals surface area (Å²) in [5, 5.41) is 20.6. The van der Waals surface area contributed by atoms with E-state index in [0.29, 0.717) is 5.56 Å². The molecule has 7 heteroatoms. The molecule has 2 atom stereocenters. The average molecular weight is 385 g/mol. The lowest BCUT2D eigenvalue weighted by Crippen LogP contribution is -2.44. The van der Waals surface area contributed by atoms with Crippen molar-refractivity contribution in [1.82, 2.24) is 4.72 Å². The summed E-state index contributed by atoms with van der Waals surface area (Å²) in [7, 11) is -4.04. The van der Waals surface area contributed by atoms with Crippen LogP contribution in [0.15, 0.2) is 71.6 Å². The van der Waals surface area contributed by atoms with Crippen LogP contribution in [-0.2, 0) is 14.8 Å². The fourth-order valence-electron chi connectivity index (χ4n) is 2.91. The van der Waals surface area contributed by atoms with Gasteiger partial charge in [-0.15, -0.1) is 0 Å². The Bertz CT molecular complexity index is 1080. The molecule has 0 spiro atoms. The van der Waals surface area contributed by atoms with E-state index in [4.69, 9.17) is 0 Å². The third-order valence-electron chi connectivity index (χ3n) is 4.50. The summed E-state index contributed by atoms with van der Waals surface area (Å²) >= 11 is 0. The zero-order valence-corrected chi connectivity index (χ0v) is 15.3. The number of carboxylic acids is 1. The Morgan fingerprint density at radius 1 is 0.963 bits per heavy atom. The van der Waals surface area contributed by atoms with Crippen molar-refractivity contribution in [3.8, 4) is 5.75 Å². The zero-order chi connectivity index (χ0) is 19.6. The van der Waals surface area contributed by atoms with Crippen LogP contribution >= 0.6 is 0 Å². The van der Waals surface area contributed by atoms with Crippen molar-refractivity contribution in [3.63, 3.8) is 0 Å². The maximum absolute atomic E-state index is 12.8. The number of nitrogens with one attached hydrogen (secondary N) is 1. The molecule has 3 aromatic rings. The summed E-state index contributed by atoms with van der Waals surface area (Å²) < 4.78 is 27.8. The molecule has 2 unspecified atom stereocenters. The van der Waals surface area contributed by atoms with Gasteiger partial charge in [-0.1, -0.05) is 49.4 Å². The first kappa shape index (κ1) is 18.9. The highest BCUT2D eigenvalue weighted by Crippen LogP contribution is 2.24. The molecule has 0 aliphatic heterocycles. The molecule has 0 aliphatic rings. The van der Waals surface area contributed by atoms with Gasteiger partial charge in [0, 0.05) is 5.92 Å². The number of sulfonamides is 1. The van der Waals surface area contributed by atoms with Crippen molar-refractivity contribution < 1.29 is 23.4 Å². The highest BCUT2D eigenvalue weighted by molar-refractivity contribution is 7.89. The number of aromatic hydroxyl groups is 1. The number of rotatable bonds is 6. The number of carboxylic acid groups (broad SMARTS) is 1. The highest BCUT2D eigenvalue weighted by Gasteiger charge is 2.31. The highest BCUT2D eigenvalue weighted by atomic mass is 32.2. The lowest BCUT2D eigenvalue weighted by atomic mass is 9.94. The summed E-state index contributed by atoms with van der Waals surface area (Å²) in [6.07, 6.45) is 0. The fraction of sp³-hybridized carbons (Fsp3) is 0.150. The number of phenols is 1. The lowest BCUT2D eigenvalue weighted by molar-refractivity contribution is -0.139. The molecular formula is C20H19NO5S. The van der Waals surface area contributed by atoms with E-state index in [2.05, 4.69) is 4.72 Å². The third kappa shape index (κ3) is 4.10. The number of fused-ring (bicyclic) bond motifs is 1. The first-order valence-electron chi connectivity index (χ1n) is 8.31. The molecule has 27 heavy (non-hydrogen) atoms. The summed E-state index contributed by atoms with van der Waals surface area (Å²) in [5.41, 5.74) is 0.599. The summed E-state index contributed by atoms with van der Waals surface area (Å²) in [6, 6.07) is 16.6. The molecule has 140 valence electrons. The number of carbonyl (C=O) groups is 1. The Morgan fingerprint density at radius 3 is 2.22 bits per heavy atom. The van der Waals surface area contributed by atoms with Crippen molar-refractivity contribution in [1.29, 1.82) is 0 Å². The van der Waals surface area contributed by atoms with Gasteiger partial charge in [0.05, 0.1) is 4.90 Å². The van der Waals surface area contributed by atoms with Gasteiger partial charge < -0.3 is 10.2 Å². The predicted octanol–water partition coefficient (Wildman–Crippen LogP) is 3.08. The molecule has 6 nitrogen and oxygen atoms in total. The molecule has 0 saturated carbocycles. The standard InChI is InChI=1S/C20H19NO5S/c1-13(14-6-9-17(22)10-7-14)19(20(23)24)21-27(25,26)18-11-8-15-4-2-3-5-16(15)12-18/h2-13,19,21-22H,1H3,(H,23,24). The normalized spacial score (nSPS) is 14.0. The quantitative estimate of drug-likeness (QED) is 0.605. The monoisotopic (exact) mass is 385 g/mol. The van der Waals surface area contributed by atoms with E-state index in [1.54, 1.807) is 37.3 Å². The van der Waals surface area contributed by atoms with Crippen LogP contribution in [0.1, 0.15) is 18.4 Å². The van der Waals surface area contributed by atoms with E-state index in [0.717, 1.165) is 10.8 Å². The van der Waals surface area contributed by atoms with Crippen LogP contribution < -0.4 is 4.72 Å². The largest absolute Gasteiger partial charge is 0.508 e. The minimum Gasteiger partial charge on any atom is -0.508 e. The maximum Gasteiger partial charge on any atom is 0.322 e. The molecular weight excluding hydrogens is 366 g/mol. The van der Waals surface area contributed by atoms with Crippen LogP contribution in [0.3, 0.4) is 0 Å². The van der Waals surface area contributed by atoms with E-state index < -0.39 is 28.0 Å². The Kier molecular flexibility index (Phi) is 5.16. The van der Waals surface area contributed by atoms with Gasteiger partial charge in [-0.25, -0.2) is 8.42 Å². The minimum atomic E-state index is -4.04. The van der Waals surface area contributed by atoms with Crippen LogP contribution in [-0.4, -0.2) is 30.6 Å². The zero-order valence-electron chi connectivity index (χ0n) is 14.5. The topological polar surface area (TPSA) is 104 Å². The van der Waals surface area contributed by atoms with Crippen LogP contribution in [0.25, 0.3) is 10.8 Å². The van der Waals surface area contributed by atoms with Crippen molar-refractivity contribution in [3.05, 3.63) is 72.3 Å². The first-order valence-corrected chi connectivity index (χ1v) is 9.79. The predicted molar refractivity (Wildman–Crippen MR) is 102 cm³/mol. The molecule has 0 radical (unpaired) electrons. The van der Waals surface area contributed by atoms with Gasteiger partial charge in [0.25, 0.3) is 0 Å². The van der Waals surface area contributed by atoms with E-state index >= 15 is 0 Å². The van der Waals surface area contributed by atoms with Gasteiger partial charge in [0.15, 0.2) is 0 Å². The van der Waals surface area contributed by atoms with Gasteiger partial charge in [-0.2, -0.15) is 4.72 Å². The second kappa shape index (κ2) is 7.38. The molecule has 0 bridgehead atoms. The first-order chi connectivity index (χ1) is 12.8. The Labute approximate surface area is 157 Å². The Hall–Kier alpha value is -2.90. The molecule has 0 aromatic heterocycles. The van der Waals surface area contributed by atoms with Crippen LogP contribution in [0.5, 0.6) is 5.75 Å². The molecule has 0 heterocycles. The second-order valence-electron chi connectivity index (χ2n) is 6.33. The van der Waals surface area contributed by atoms with Crippen LogP contribution in [0.4, 0.5) is 0 Å². The second-order valence-corrected chi connectivity index (χ2v) is 8.04. The molecule has 3 N–H and O–H groups in total. The summed E-state index contributed by atoms with van der Waals surface area (Å²) in [6.45, 7) is 1.62. The minimum absolute atomic E-state index is 0.00496. The van der Waals surface area contributed by atoms with Gasteiger partial charge in [0.1, 0.15) is 11.8 Å². The molecule has 0 saturated heterocycles. The van der Waals surface area contributed by atoms with Crippen molar-refractivity contribution in [2.24, 2.45) is 0 Å². The van der Waals surface area contributed by atoms with Gasteiger partial charge in [-0.05, 0) is 40.6 Å². The molecule has 0 fully saturated rings. The number of phenolic OH excluding ortho intramolecular Hbond substituents is 1. The fourth-order valence-corrected chi connectivity index (χ4v) is 4.21. The van der Waals surface area contributed by atoms with Crippen LogP contribution in [0, 0.1) is 0 Å². The number of hydrogen-bond acceptors (Lipinski definition) is 4. The lowest BCUT2D eigenvalue weighted by Gasteiger charge is -2.22. The van der Waals surface area contributed by atoms with E-state index in [1.165, 1.54) is 24.3 Å². The van der Waals surface area contributed by atoms with Gasteiger partial charge >= 0.3 is 5.97 Å².